The number of hydrogen-bond acceptors (Lipinski definition) is 2. The molecule has 150 valence electrons. The smallest absolute Gasteiger partial charge is 0.411 e. The van der Waals surface area contributed by atoms with Crippen LogP contribution < -0.4 is 0 Å². The molecular formula is C23H26F3NO. The van der Waals surface area contributed by atoms with Gasteiger partial charge in [0.2, 0.25) is 0 Å². The highest BCUT2D eigenvalue weighted by atomic mass is 19.4. The van der Waals surface area contributed by atoms with E-state index in [1.54, 1.807) is 31.2 Å². The van der Waals surface area contributed by atoms with Crippen LogP contribution >= 0.6 is 0 Å². The Labute approximate surface area is 164 Å². The molecule has 0 unspecified atom stereocenters. The molecule has 0 aromatic heterocycles. The number of hydrogen-bond donors (Lipinski definition) is 1. The van der Waals surface area contributed by atoms with Crippen molar-refractivity contribution in [3.8, 4) is 11.1 Å². The fraction of sp³-hybridized carbons (Fsp3) is 0.435. The summed E-state index contributed by atoms with van der Waals surface area (Å²) in [5, 5.41) is 11.8. The highest BCUT2D eigenvalue weighted by molar-refractivity contribution is 5.84. The molecule has 0 aliphatic heterocycles. The van der Waals surface area contributed by atoms with E-state index in [0.717, 1.165) is 29.5 Å². The molecule has 0 bridgehead atoms. The van der Waals surface area contributed by atoms with Gasteiger partial charge in [-0.3, -0.25) is 0 Å². The SMILES string of the molecule is Cc1ccc(/C=N/O)cc1-c1cc2c(cc1C(F)(F)F)C(C)(C)CCC2(C)C. The Bertz CT molecular complexity index is 940. The van der Waals surface area contributed by atoms with Crippen LogP contribution in [0.3, 0.4) is 0 Å². The summed E-state index contributed by atoms with van der Waals surface area (Å²) in [7, 11) is 0. The van der Waals surface area contributed by atoms with E-state index in [2.05, 4.69) is 19.0 Å². The van der Waals surface area contributed by atoms with Crippen LogP contribution in [-0.2, 0) is 17.0 Å². The summed E-state index contributed by atoms with van der Waals surface area (Å²) in [6, 6.07) is 8.21. The van der Waals surface area contributed by atoms with Crippen molar-refractivity contribution >= 4 is 6.21 Å². The van der Waals surface area contributed by atoms with Crippen LogP contribution in [0.5, 0.6) is 0 Å². The summed E-state index contributed by atoms with van der Waals surface area (Å²) in [6.07, 6.45) is -1.46. The van der Waals surface area contributed by atoms with Crippen LogP contribution in [0.15, 0.2) is 35.5 Å². The van der Waals surface area contributed by atoms with Crippen LogP contribution in [-0.4, -0.2) is 11.4 Å². The van der Waals surface area contributed by atoms with Crippen molar-refractivity contribution in [2.24, 2.45) is 5.16 Å². The van der Waals surface area contributed by atoms with Gasteiger partial charge < -0.3 is 5.21 Å². The molecule has 5 heteroatoms. The highest BCUT2D eigenvalue weighted by Gasteiger charge is 2.42. The Balaban J connectivity index is 2.38. The van der Waals surface area contributed by atoms with Gasteiger partial charge in [0, 0.05) is 0 Å². The third-order valence-corrected chi connectivity index (χ3v) is 6.05. The standard InChI is InChI=1S/C23H26F3NO/c1-14-6-7-15(13-27-28)10-16(14)17-11-19-20(12-18(17)23(24,25)26)22(4,5)9-8-21(19,2)3/h6-7,10-13,28H,8-9H2,1-5H3/b27-13+. The lowest BCUT2D eigenvalue weighted by Crippen LogP contribution is -2.34. The molecule has 2 aromatic rings. The molecule has 0 atom stereocenters. The molecule has 3 rings (SSSR count). The number of alkyl halides is 3. The Morgan fingerprint density at radius 3 is 2.04 bits per heavy atom. The monoisotopic (exact) mass is 389 g/mol. The molecule has 0 saturated heterocycles. The molecule has 1 aliphatic carbocycles. The maximum atomic E-state index is 14.1. The molecule has 0 fully saturated rings. The second-order valence-corrected chi connectivity index (χ2v) is 9.03. The zero-order valence-electron chi connectivity index (χ0n) is 16.9. The zero-order valence-corrected chi connectivity index (χ0v) is 16.9. The minimum absolute atomic E-state index is 0.183. The lowest BCUT2D eigenvalue weighted by atomic mass is 9.62. The van der Waals surface area contributed by atoms with Crippen LogP contribution in [0, 0.1) is 6.92 Å². The third kappa shape index (κ3) is 3.54. The number of oxime groups is 1. The largest absolute Gasteiger partial charge is 0.417 e. The van der Waals surface area contributed by atoms with Crippen molar-refractivity contribution < 1.29 is 18.4 Å². The molecule has 0 spiro atoms. The second kappa shape index (κ2) is 6.64. The van der Waals surface area contributed by atoms with E-state index in [1.165, 1.54) is 12.3 Å². The number of halogens is 3. The van der Waals surface area contributed by atoms with Gasteiger partial charge in [-0.25, -0.2) is 0 Å². The van der Waals surface area contributed by atoms with E-state index in [0.29, 0.717) is 11.1 Å². The van der Waals surface area contributed by atoms with E-state index in [9.17, 15) is 13.2 Å². The van der Waals surface area contributed by atoms with Gasteiger partial charge in [0.15, 0.2) is 0 Å². The first-order valence-corrected chi connectivity index (χ1v) is 9.41. The van der Waals surface area contributed by atoms with Crippen molar-refractivity contribution in [2.45, 2.75) is 64.5 Å². The lowest BCUT2D eigenvalue weighted by Gasteiger charge is -2.42. The van der Waals surface area contributed by atoms with Gasteiger partial charge >= 0.3 is 6.18 Å². The summed E-state index contributed by atoms with van der Waals surface area (Å²) in [6.45, 7) is 10.0. The molecule has 1 N–H and O–H groups in total. The van der Waals surface area contributed by atoms with Crippen LogP contribution in [0.25, 0.3) is 11.1 Å². The van der Waals surface area contributed by atoms with Crippen molar-refractivity contribution in [2.75, 3.05) is 0 Å². The molecule has 2 nitrogen and oxygen atoms in total. The minimum atomic E-state index is -4.46. The Hall–Kier alpha value is -2.30. The number of benzene rings is 2. The van der Waals surface area contributed by atoms with E-state index in [4.69, 9.17) is 5.21 Å². The van der Waals surface area contributed by atoms with Crippen molar-refractivity contribution in [1.29, 1.82) is 0 Å². The van der Waals surface area contributed by atoms with E-state index in [1.807, 2.05) is 13.8 Å². The molecule has 2 aromatic carbocycles. The molecule has 0 heterocycles. The molecule has 28 heavy (non-hydrogen) atoms. The zero-order chi connectivity index (χ0) is 20.9. The summed E-state index contributed by atoms with van der Waals surface area (Å²) >= 11 is 0. The Kier molecular flexibility index (Phi) is 4.85. The predicted molar refractivity (Wildman–Crippen MR) is 106 cm³/mol. The van der Waals surface area contributed by atoms with Crippen molar-refractivity contribution in [1.82, 2.24) is 0 Å². The first kappa shape index (κ1) is 20.4. The highest BCUT2D eigenvalue weighted by Crippen LogP contribution is 2.50. The van der Waals surface area contributed by atoms with Gasteiger partial charge in [0.25, 0.3) is 0 Å². The van der Waals surface area contributed by atoms with Crippen molar-refractivity contribution in [3.63, 3.8) is 0 Å². The van der Waals surface area contributed by atoms with Gasteiger partial charge in [0.05, 0.1) is 11.8 Å². The first-order chi connectivity index (χ1) is 12.9. The number of aryl methyl sites for hydroxylation is 1. The van der Waals surface area contributed by atoms with Gasteiger partial charge in [-0.1, -0.05) is 45.0 Å². The Morgan fingerprint density at radius 2 is 1.50 bits per heavy atom. The summed E-state index contributed by atoms with van der Waals surface area (Å²) in [5.41, 5.74) is 2.64. The maximum Gasteiger partial charge on any atom is 0.417 e. The van der Waals surface area contributed by atoms with E-state index >= 15 is 0 Å². The van der Waals surface area contributed by atoms with Crippen LogP contribution in [0.2, 0.25) is 0 Å². The summed E-state index contributed by atoms with van der Waals surface area (Å²) in [5.74, 6) is 0. The number of fused-ring (bicyclic) bond motifs is 1. The number of rotatable bonds is 2. The maximum absolute atomic E-state index is 14.1. The summed E-state index contributed by atoms with van der Waals surface area (Å²) in [4.78, 5) is 0. The quantitative estimate of drug-likeness (QED) is 0.340. The normalized spacial score (nSPS) is 18.3. The van der Waals surface area contributed by atoms with E-state index < -0.39 is 11.7 Å². The van der Waals surface area contributed by atoms with Gasteiger partial charge in [0.1, 0.15) is 0 Å². The fourth-order valence-corrected chi connectivity index (χ4v) is 4.15. The van der Waals surface area contributed by atoms with Crippen molar-refractivity contribution in [3.05, 3.63) is 58.1 Å². The van der Waals surface area contributed by atoms with Gasteiger partial charge in [-0.2, -0.15) is 13.2 Å². The first-order valence-electron chi connectivity index (χ1n) is 9.41. The summed E-state index contributed by atoms with van der Waals surface area (Å²) < 4.78 is 42.2. The average molecular weight is 389 g/mol. The lowest BCUT2D eigenvalue weighted by molar-refractivity contribution is -0.137. The van der Waals surface area contributed by atoms with Gasteiger partial charge in [-0.15, -0.1) is 0 Å². The van der Waals surface area contributed by atoms with Crippen LogP contribution in [0.4, 0.5) is 13.2 Å². The predicted octanol–water partition coefficient (Wildman–Crippen LogP) is 6.84. The molecular weight excluding hydrogens is 363 g/mol. The van der Waals surface area contributed by atoms with E-state index in [-0.39, 0.29) is 16.4 Å². The molecule has 0 saturated carbocycles. The van der Waals surface area contributed by atoms with Gasteiger partial charge in [-0.05, 0) is 82.2 Å². The number of nitrogens with zero attached hydrogens (tertiary/aromatic N) is 1. The molecule has 1 aliphatic rings. The second-order valence-electron chi connectivity index (χ2n) is 9.03. The average Bonchev–Trinajstić information content (AvgIpc) is 2.59. The third-order valence-electron chi connectivity index (χ3n) is 6.05. The Morgan fingerprint density at radius 1 is 0.929 bits per heavy atom. The molecule has 0 radical (unpaired) electrons. The van der Waals surface area contributed by atoms with Crippen LogP contribution in [0.1, 0.15) is 68.4 Å². The molecule has 0 amide bonds. The fourth-order valence-electron chi connectivity index (χ4n) is 4.15. The minimum Gasteiger partial charge on any atom is -0.411 e. The topological polar surface area (TPSA) is 32.6 Å².